The van der Waals surface area contributed by atoms with Crippen molar-refractivity contribution in [3.8, 4) is 22.4 Å². The molecule has 0 spiro atoms. The van der Waals surface area contributed by atoms with Crippen molar-refractivity contribution in [3.05, 3.63) is 84.6 Å². The van der Waals surface area contributed by atoms with E-state index in [2.05, 4.69) is 10.3 Å². The number of rotatable bonds is 7. The van der Waals surface area contributed by atoms with Gasteiger partial charge in [0.15, 0.2) is 9.84 Å². The highest BCUT2D eigenvalue weighted by atomic mass is 32.2. The summed E-state index contributed by atoms with van der Waals surface area (Å²) in [6.07, 6.45) is 4.87. The van der Waals surface area contributed by atoms with Crippen molar-refractivity contribution in [2.45, 2.75) is 11.4 Å². The lowest BCUT2D eigenvalue weighted by molar-refractivity contribution is -0.104. The minimum Gasteiger partial charge on any atom is -0.362 e. The van der Waals surface area contributed by atoms with Crippen molar-refractivity contribution in [3.63, 3.8) is 0 Å². The van der Waals surface area contributed by atoms with E-state index >= 15 is 0 Å². The lowest BCUT2D eigenvalue weighted by atomic mass is 9.96. The first kappa shape index (κ1) is 21.5. The highest BCUT2D eigenvalue weighted by Gasteiger charge is 2.17. The van der Waals surface area contributed by atoms with Crippen LogP contribution in [-0.4, -0.2) is 25.9 Å². The molecule has 0 amide bonds. The average Bonchev–Trinajstić information content (AvgIpc) is 3.23. The molecule has 0 aliphatic heterocycles. The maximum atomic E-state index is 12.3. The standard InChI is InChI=1S/C25H23N3O3S/c1-32(30,31)25-9-3-2-6-21(25)24-15-22-20(7-4-8-23(22)28-24)19-11-10-18(14-17(19)16-26)27-12-5-13-29/h2-15,27-28H,16,26H2,1H3. The van der Waals surface area contributed by atoms with Gasteiger partial charge < -0.3 is 16.0 Å². The number of nitrogens with two attached hydrogens (primary N) is 1. The summed E-state index contributed by atoms with van der Waals surface area (Å²) in [4.78, 5) is 14.1. The van der Waals surface area contributed by atoms with E-state index in [4.69, 9.17) is 5.73 Å². The highest BCUT2D eigenvalue weighted by molar-refractivity contribution is 7.90. The van der Waals surface area contributed by atoms with Crippen molar-refractivity contribution >= 4 is 32.7 Å². The van der Waals surface area contributed by atoms with Crippen LogP contribution in [0.15, 0.2) is 83.9 Å². The molecule has 0 aliphatic carbocycles. The maximum absolute atomic E-state index is 12.3. The number of fused-ring (bicyclic) bond motifs is 1. The Balaban J connectivity index is 1.84. The molecule has 4 N–H and O–H groups in total. The molecule has 1 aromatic heterocycles. The Morgan fingerprint density at radius 3 is 2.50 bits per heavy atom. The Hall–Kier alpha value is -3.68. The van der Waals surface area contributed by atoms with Crippen LogP contribution in [0.4, 0.5) is 5.69 Å². The second-order valence-electron chi connectivity index (χ2n) is 7.43. The number of hydrogen-bond acceptors (Lipinski definition) is 5. The highest BCUT2D eigenvalue weighted by Crippen LogP contribution is 2.36. The van der Waals surface area contributed by atoms with Crippen LogP contribution in [0.1, 0.15) is 5.56 Å². The molecule has 32 heavy (non-hydrogen) atoms. The molecule has 7 heteroatoms. The number of anilines is 1. The predicted octanol–water partition coefficient (Wildman–Crippen LogP) is 4.49. The van der Waals surface area contributed by atoms with Crippen LogP contribution < -0.4 is 11.1 Å². The summed E-state index contributed by atoms with van der Waals surface area (Å²) in [5, 5.41) is 4.03. The third-order valence-electron chi connectivity index (χ3n) is 5.28. The molecule has 3 aromatic carbocycles. The number of carbonyl (C=O) groups excluding carboxylic acids is 1. The molecule has 4 rings (SSSR count). The first-order chi connectivity index (χ1) is 15.4. The number of nitrogens with one attached hydrogen (secondary N) is 2. The van der Waals surface area contributed by atoms with Gasteiger partial charge in [0, 0.05) is 46.8 Å². The summed E-state index contributed by atoms with van der Waals surface area (Å²) in [6, 6.07) is 20.8. The third-order valence-corrected chi connectivity index (χ3v) is 6.44. The largest absolute Gasteiger partial charge is 0.362 e. The van der Waals surface area contributed by atoms with Gasteiger partial charge in [0.05, 0.1) is 4.90 Å². The van der Waals surface area contributed by atoms with E-state index in [1.807, 2.05) is 48.5 Å². The van der Waals surface area contributed by atoms with Gasteiger partial charge in [0.25, 0.3) is 0 Å². The smallest absolute Gasteiger partial charge is 0.176 e. The van der Waals surface area contributed by atoms with Crippen molar-refractivity contribution < 1.29 is 13.2 Å². The topological polar surface area (TPSA) is 105 Å². The quantitative estimate of drug-likeness (QED) is 0.287. The van der Waals surface area contributed by atoms with Crippen LogP contribution in [-0.2, 0) is 21.2 Å². The zero-order valence-electron chi connectivity index (χ0n) is 17.5. The van der Waals surface area contributed by atoms with Gasteiger partial charge in [-0.25, -0.2) is 8.42 Å². The number of hydrogen-bond donors (Lipinski definition) is 3. The van der Waals surface area contributed by atoms with E-state index in [0.29, 0.717) is 18.4 Å². The van der Waals surface area contributed by atoms with E-state index in [-0.39, 0.29) is 4.90 Å². The lowest BCUT2D eigenvalue weighted by Crippen LogP contribution is -2.00. The molecule has 0 bridgehead atoms. The molecule has 1 heterocycles. The van der Waals surface area contributed by atoms with Gasteiger partial charge in [0.2, 0.25) is 0 Å². The summed E-state index contributed by atoms with van der Waals surface area (Å²) in [5.41, 5.74) is 12.1. The zero-order valence-corrected chi connectivity index (χ0v) is 18.3. The van der Waals surface area contributed by atoms with Crippen LogP contribution in [0.2, 0.25) is 0 Å². The van der Waals surface area contributed by atoms with Gasteiger partial charge in [-0.1, -0.05) is 36.4 Å². The fraction of sp³-hybridized carbons (Fsp3) is 0.0800. The molecular formula is C25H23N3O3S. The van der Waals surface area contributed by atoms with Gasteiger partial charge in [-0.2, -0.15) is 0 Å². The predicted molar refractivity (Wildman–Crippen MR) is 129 cm³/mol. The fourth-order valence-electron chi connectivity index (χ4n) is 3.85. The van der Waals surface area contributed by atoms with Gasteiger partial charge in [-0.05, 0) is 53.1 Å². The Morgan fingerprint density at radius 1 is 0.969 bits per heavy atom. The number of sulfone groups is 1. The normalized spacial score (nSPS) is 11.8. The van der Waals surface area contributed by atoms with E-state index in [9.17, 15) is 13.2 Å². The van der Waals surface area contributed by atoms with Crippen LogP contribution in [0.25, 0.3) is 33.3 Å². The first-order valence-electron chi connectivity index (χ1n) is 10.0. The molecule has 4 aromatic rings. The molecular weight excluding hydrogens is 422 g/mol. The molecule has 6 nitrogen and oxygen atoms in total. The zero-order chi connectivity index (χ0) is 22.7. The summed E-state index contributed by atoms with van der Waals surface area (Å²) in [6.45, 7) is 0.340. The molecule has 0 aliphatic rings. The van der Waals surface area contributed by atoms with Crippen LogP contribution in [0.5, 0.6) is 0 Å². The third kappa shape index (κ3) is 4.21. The van der Waals surface area contributed by atoms with Crippen LogP contribution in [0.3, 0.4) is 0 Å². The Kier molecular flexibility index (Phi) is 5.94. The molecule has 162 valence electrons. The van der Waals surface area contributed by atoms with E-state index in [1.54, 1.807) is 24.4 Å². The number of carbonyl (C=O) groups is 1. The first-order valence-corrected chi connectivity index (χ1v) is 11.9. The van der Waals surface area contributed by atoms with Gasteiger partial charge >= 0.3 is 0 Å². The summed E-state index contributed by atoms with van der Waals surface area (Å²) >= 11 is 0. The van der Waals surface area contributed by atoms with Crippen molar-refractivity contribution in [2.75, 3.05) is 11.6 Å². The maximum Gasteiger partial charge on any atom is 0.176 e. The molecule has 0 unspecified atom stereocenters. The number of aromatic nitrogens is 1. The number of H-pyrrole nitrogens is 1. The molecule has 0 saturated heterocycles. The van der Waals surface area contributed by atoms with Gasteiger partial charge in [0.1, 0.15) is 6.29 Å². The summed E-state index contributed by atoms with van der Waals surface area (Å²) in [5.74, 6) is 0. The minimum atomic E-state index is -3.38. The molecule has 0 radical (unpaired) electrons. The minimum absolute atomic E-state index is 0.287. The number of benzene rings is 3. The summed E-state index contributed by atoms with van der Waals surface area (Å²) < 4.78 is 24.6. The van der Waals surface area contributed by atoms with E-state index < -0.39 is 9.84 Å². The number of aldehydes is 1. The second kappa shape index (κ2) is 8.82. The summed E-state index contributed by atoms with van der Waals surface area (Å²) in [7, 11) is -3.38. The SMILES string of the molecule is CS(=O)(=O)c1ccccc1-c1cc2c(-c3ccc(NC=CC=O)cc3CN)cccc2[nH]1. The van der Waals surface area contributed by atoms with Gasteiger partial charge in [-0.15, -0.1) is 0 Å². The van der Waals surface area contributed by atoms with E-state index in [0.717, 1.165) is 39.0 Å². The lowest BCUT2D eigenvalue weighted by Gasteiger charge is -2.12. The Morgan fingerprint density at radius 2 is 1.75 bits per heavy atom. The molecule has 0 atom stereocenters. The Bertz CT molecular complexity index is 1440. The van der Waals surface area contributed by atoms with Crippen LogP contribution >= 0.6 is 0 Å². The van der Waals surface area contributed by atoms with Crippen molar-refractivity contribution in [1.29, 1.82) is 0 Å². The molecule has 0 saturated carbocycles. The molecule has 0 fully saturated rings. The average molecular weight is 446 g/mol. The van der Waals surface area contributed by atoms with Gasteiger partial charge in [-0.3, -0.25) is 4.79 Å². The monoisotopic (exact) mass is 445 g/mol. The fourth-order valence-corrected chi connectivity index (χ4v) is 4.75. The van der Waals surface area contributed by atoms with Crippen LogP contribution in [0, 0.1) is 0 Å². The van der Waals surface area contributed by atoms with Crippen molar-refractivity contribution in [1.82, 2.24) is 4.98 Å². The number of aromatic amines is 1. The van der Waals surface area contributed by atoms with E-state index in [1.165, 1.54) is 12.3 Å². The second-order valence-corrected chi connectivity index (χ2v) is 9.42. The number of allylic oxidation sites excluding steroid dienone is 1. The Labute approximate surface area is 186 Å². The van der Waals surface area contributed by atoms with Crippen molar-refractivity contribution in [2.24, 2.45) is 5.73 Å².